The molecule has 3 heterocycles. The molecule has 2 aliphatic rings. The first-order valence-electron chi connectivity index (χ1n) is 7.85. The van der Waals surface area contributed by atoms with Crippen LogP contribution < -0.4 is 0 Å². The highest BCUT2D eigenvalue weighted by molar-refractivity contribution is 8.14. The molecule has 24 heavy (non-hydrogen) atoms. The van der Waals surface area contributed by atoms with Crippen LogP contribution in [0.15, 0.2) is 34.6 Å². The first-order valence-corrected chi connectivity index (χ1v) is 9.71. The molecular formula is C17H17N3O2S2. The summed E-state index contributed by atoms with van der Waals surface area (Å²) in [4.78, 5) is 22.5. The van der Waals surface area contributed by atoms with Crippen LogP contribution in [0.3, 0.4) is 0 Å². The summed E-state index contributed by atoms with van der Waals surface area (Å²) in [6.45, 7) is 2.53. The number of carboxylic acid groups (broad SMARTS) is 1. The van der Waals surface area contributed by atoms with E-state index in [4.69, 9.17) is 10.1 Å². The summed E-state index contributed by atoms with van der Waals surface area (Å²) < 4.78 is 0. The molecule has 0 radical (unpaired) electrons. The van der Waals surface area contributed by atoms with Crippen LogP contribution in [0.1, 0.15) is 29.7 Å². The maximum atomic E-state index is 11.1. The van der Waals surface area contributed by atoms with Gasteiger partial charge in [0.15, 0.2) is 5.17 Å². The maximum absolute atomic E-state index is 11.1. The van der Waals surface area contributed by atoms with Crippen LogP contribution in [0.2, 0.25) is 0 Å². The fraction of sp³-hybridized carbons (Fsp3) is 0.353. The number of carboxylic acids is 1. The third-order valence-corrected chi connectivity index (χ3v) is 6.41. The molecule has 0 saturated carbocycles. The summed E-state index contributed by atoms with van der Waals surface area (Å²) in [6, 6.07) is 9.07. The molecule has 4 rings (SSSR count). The van der Waals surface area contributed by atoms with E-state index < -0.39 is 11.9 Å². The van der Waals surface area contributed by atoms with Crippen LogP contribution in [0.4, 0.5) is 5.13 Å². The highest BCUT2D eigenvalue weighted by Gasteiger charge is 2.34. The number of carbonyl (C=O) groups is 1. The van der Waals surface area contributed by atoms with E-state index in [-0.39, 0.29) is 0 Å². The predicted molar refractivity (Wildman–Crippen MR) is 97.2 cm³/mol. The van der Waals surface area contributed by atoms with Crippen LogP contribution in [0.25, 0.3) is 0 Å². The second-order valence-electron chi connectivity index (χ2n) is 6.07. The Morgan fingerprint density at radius 1 is 1.42 bits per heavy atom. The minimum absolute atomic E-state index is 0.487. The molecule has 1 unspecified atom stereocenters. The zero-order valence-electron chi connectivity index (χ0n) is 13.2. The molecule has 2 aromatic rings. The van der Waals surface area contributed by atoms with Crippen molar-refractivity contribution in [3.05, 3.63) is 46.5 Å². The Kier molecular flexibility index (Phi) is 4.05. The summed E-state index contributed by atoms with van der Waals surface area (Å²) in [5.74, 6) is -0.416. The van der Waals surface area contributed by atoms with Gasteiger partial charge >= 0.3 is 5.97 Å². The maximum Gasteiger partial charge on any atom is 0.312 e. The molecule has 2 aliphatic heterocycles. The smallest absolute Gasteiger partial charge is 0.312 e. The standard InChI is InChI=1S/C17H17N3O2S2/c1-10(15(21)22)14-9-23-16(18-14)19-17-20-7-12-5-3-2-4-11(12)6-13(20)8-24-17/h2-5,9-10,13H,6-8H2,1H3,(H,21,22)/t10?,13-/m0/s1. The van der Waals surface area contributed by atoms with Crippen molar-refractivity contribution in [3.63, 3.8) is 0 Å². The Balaban J connectivity index is 1.57. The lowest BCUT2D eigenvalue weighted by molar-refractivity contribution is -0.138. The van der Waals surface area contributed by atoms with Crippen molar-refractivity contribution >= 4 is 39.4 Å². The third kappa shape index (κ3) is 2.82. The molecule has 1 saturated heterocycles. The van der Waals surface area contributed by atoms with Crippen molar-refractivity contribution in [1.29, 1.82) is 0 Å². The molecule has 5 nitrogen and oxygen atoms in total. The number of fused-ring (bicyclic) bond motifs is 2. The van der Waals surface area contributed by atoms with Gasteiger partial charge in [0.1, 0.15) is 0 Å². The fourth-order valence-electron chi connectivity index (χ4n) is 3.05. The van der Waals surface area contributed by atoms with E-state index in [0.29, 0.717) is 16.9 Å². The number of benzene rings is 1. The van der Waals surface area contributed by atoms with E-state index in [1.165, 1.54) is 22.5 Å². The lowest BCUT2D eigenvalue weighted by atomic mass is 9.95. The number of thioether (sulfide) groups is 1. The third-order valence-electron chi connectivity index (χ3n) is 4.52. The minimum Gasteiger partial charge on any atom is -0.481 e. The first kappa shape index (κ1) is 15.7. The number of hydrogen-bond acceptors (Lipinski definition) is 5. The molecule has 2 atom stereocenters. The Labute approximate surface area is 148 Å². The predicted octanol–water partition coefficient (Wildman–Crippen LogP) is 3.49. The van der Waals surface area contributed by atoms with E-state index in [1.54, 1.807) is 24.1 Å². The van der Waals surface area contributed by atoms with Gasteiger partial charge in [0.25, 0.3) is 0 Å². The Hall–Kier alpha value is -1.86. The van der Waals surface area contributed by atoms with Gasteiger partial charge in [0.05, 0.1) is 11.6 Å². The minimum atomic E-state index is -0.859. The lowest BCUT2D eigenvalue weighted by Gasteiger charge is -2.32. The van der Waals surface area contributed by atoms with Crippen LogP contribution >= 0.6 is 23.1 Å². The summed E-state index contributed by atoms with van der Waals surface area (Å²) in [5.41, 5.74) is 3.38. The summed E-state index contributed by atoms with van der Waals surface area (Å²) in [5, 5.41) is 12.5. The van der Waals surface area contributed by atoms with E-state index in [0.717, 1.165) is 23.9 Å². The largest absolute Gasteiger partial charge is 0.481 e. The monoisotopic (exact) mass is 359 g/mol. The number of nitrogens with zero attached hydrogens (tertiary/aromatic N) is 3. The van der Waals surface area contributed by atoms with E-state index in [2.05, 4.69) is 34.1 Å². The number of hydrogen-bond donors (Lipinski definition) is 1. The topological polar surface area (TPSA) is 65.8 Å². The fourth-order valence-corrected chi connectivity index (χ4v) is 5.05. The lowest BCUT2D eigenvalue weighted by Crippen LogP contribution is -2.38. The number of thiazole rings is 1. The normalized spacial score (nSPS) is 22.3. The summed E-state index contributed by atoms with van der Waals surface area (Å²) in [7, 11) is 0. The van der Waals surface area contributed by atoms with Crippen molar-refractivity contribution in [2.45, 2.75) is 31.8 Å². The molecule has 1 aromatic carbocycles. The SMILES string of the molecule is CC(C(=O)O)c1csc(N=C2SC[C@@H]3Cc4ccccc4CN23)n1. The van der Waals surface area contributed by atoms with Crippen molar-refractivity contribution in [2.24, 2.45) is 4.99 Å². The molecule has 7 heteroatoms. The van der Waals surface area contributed by atoms with Gasteiger partial charge in [-0.2, -0.15) is 4.99 Å². The van der Waals surface area contributed by atoms with Gasteiger partial charge < -0.3 is 10.0 Å². The Morgan fingerprint density at radius 2 is 2.21 bits per heavy atom. The molecule has 0 spiro atoms. The van der Waals surface area contributed by atoms with Gasteiger partial charge in [-0.1, -0.05) is 36.0 Å². The van der Waals surface area contributed by atoms with Crippen molar-refractivity contribution in [3.8, 4) is 0 Å². The Bertz CT molecular complexity index is 818. The molecule has 1 aromatic heterocycles. The highest BCUT2D eigenvalue weighted by atomic mass is 32.2. The van der Waals surface area contributed by atoms with Gasteiger partial charge in [-0.25, -0.2) is 4.98 Å². The molecule has 124 valence electrons. The number of aliphatic carboxylic acids is 1. The van der Waals surface area contributed by atoms with Crippen molar-refractivity contribution < 1.29 is 9.90 Å². The molecule has 0 bridgehead atoms. The van der Waals surface area contributed by atoms with Gasteiger partial charge in [-0.3, -0.25) is 4.79 Å². The zero-order chi connectivity index (χ0) is 16.7. The second-order valence-corrected chi connectivity index (χ2v) is 7.90. The van der Waals surface area contributed by atoms with Gasteiger partial charge in [-0.15, -0.1) is 11.3 Å². The Morgan fingerprint density at radius 3 is 3.00 bits per heavy atom. The molecule has 0 aliphatic carbocycles. The van der Waals surface area contributed by atoms with E-state index >= 15 is 0 Å². The molecular weight excluding hydrogens is 342 g/mol. The number of aromatic nitrogens is 1. The van der Waals surface area contributed by atoms with Gasteiger partial charge in [0, 0.05) is 23.7 Å². The highest BCUT2D eigenvalue weighted by Crippen LogP contribution is 2.35. The first-order chi connectivity index (χ1) is 11.6. The zero-order valence-corrected chi connectivity index (χ0v) is 14.8. The van der Waals surface area contributed by atoms with Crippen molar-refractivity contribution in [1.82, 2.24) is 9.88 Å². The van der Waals surface area contributed by atoms with Gasteiger partial charge in [0.2, 0.25) is 5.13 Å². The number of aliphatic imine (C=N–C) groups is 1. The number of amidine groups is 1. The average molecular weight is 359 g/mol. The van der Waals surface area contributed by atoms with E-state index in [9.17, 15) is 4.79 Å². The summed E-state index contributed by atoms with van der Waals surface area (Å²) >= 11 is 3.17. The van der Waals surface area contributed by atoms with Crippen LogP contribution in [0.5, 0.6) is 0 Å². The van der Waals surface area contributed by atoms with Crippen LogP contribution in [0, 0.1) is 0 Å². The summed E-state index contributed by atoms with van der Waals surface area (Å²) in [6.07, 6.45) is 1.06. The van der Waals surface area contributed by atoms with Crippen molar-refractivity contribution in [2.75, 3.05) is 5.75 Å². The van der Waals surface area contributed by atoms with Gasteiger partial charge in [-0.05, 0) is 24.5 Å². The number of rotatable bonds is 3. The van der Waals surface area contributed by atoms with E-state index in [1.807, 2.05) is 0 Å². The second kappa shape index (κ2) is 6.22. The molecule has 1 N–H and O–H groups in total. The molecule has 1 fully saturated rings. The quantitative estimate of drug-likeness (QED) is 0.909. The van der Waals surface area contributed by atoms with Crippen LogP contribution in [-0.2, 0) is 17.8 Å². The van der Waals surface area contributed by atoms with Crippen LogP contribution in [-0.4, -0.2) is 37.9 Å². The average Bonchev–Trinajstić information content (AvgIpc) is 3.20. The molecule has 0 amide bonds.